The van der Waals surface area contributed by atoms with Crippen molar-refractivity contribution in [3.8, 4) is 0 Å². The molecule has 0 aromatic carbocycles. The minimum atomic E-state index is -0.139. The van der Waals surface area contributed by atoms with Crippen LogP contribution in [-0.4, -0.2) is 71.0 Å². The van der Waals surface area contributed by atoms with Gasteiger partial charge in [0.25, 0.3) is 0 Å². The molecule has 1 heterocycles. The molecule has 0 unspecified atom stereocenters. The Bertz CT molecular complexity index is 606. The molecule has 4 nitrogen and oxygen atoms in total. The highest BCUT2D eigenvalue weighted by Gasteiger charge is 2.61. The molecule has 0 bridgehead atoms. The molecule has 5 fully saturated rings. The first-order valence-electron chi connectivity index (χ1n) is 12.7. The first kappa shape index (κ1) is 20.7. The maximum atomic E-state index is 11.1. The highest BCUT2D eigenvalue weighted by Crippen LogP contribution is 2.66. The van der Waals surface area contributed by atoms with E-state index in [0.717, 1.165) is 63.3 Å². The predicted molar refractivity (Wildman–Crippen MR) is 117 cm³/mol. The molecule has 1 aliphatic heterocycles. The molecule has 4 heteroatoms. The van der Waals surface area contributed by atoms with Crippen molar-refractivity contribution >= 4 is 0 Å². The van der Waals surface area contributed by atoms with Gasteiger partial charge in [-0.2, -0.15) is 0 Å². The molecule has 0 radical (unpaired) electrons. The number of hydrogen-bond donors (Lipinski definition) is 2. The monoisotopic (exact) mass is 404 g/mol. The second-order valence-electron chi connectivity index (χ2n) is 11.8. The standard InChI is InChI=1S/C25H44N2O2/c1-4-26-11-13-27(14-12-26)21-16-25(3)17(15-22(21)28)5-6-18-19-7-8-23(29)24(19,2)10-9-20(18)25/h17-23,28-29H,4-16H2,1-3H3/t17-,18-,19-,20-,21-,22-,23-,24-,25-/m0/s1. The van der Waals surface area contributed by atoms with E-state index in [9.17, 15) is 10.2 Å². The summed E-state index contributed by atoms with van der Waals surface area (Å²) >= 11 is 0. The number of piperazine rings is 1. The molecular weight excluding hydrogens is 360 g/mol. The van der Waals surface area contributed by atoms with Crippen molar-refractivity contribution in [1.29, 1.82) is 0 Å². The summed E-state index contributed by atoms with van der Waals surface area (Å²) in [5.74, 6) is 3.03. The van der Waals surface area contributed by atoms with Crippen LogP contribution in [0, 0.1) is 34.5 Å². The lowest BCUT2D eigenvalue weighted by molar-refractivity contribution is -0.155. The van der Waals surface area contributed by atoms with Crippen LogP contribution in [0.2, 0.25) is 0 Å². The Hall–Kier alpha value is -0.160. The lowest BCUT2D eigenvalue weighted by Crippen LogP contribution is -2.62. The summed E-state index contributed by atoms with van der Waals surface area (Å²) in [5, 5.41) is 21.8. The van der Waals surface area contributed by atoms with Crippen LogP contribution in [0.1, 0.15) is 72.1 Å². The van der Waals surface area contributed by atoms with Gasteiger partial charge in [0.1, 0.15) is 0 Å². The summed E-state index contributed by atoms with van der Waals surface area (Å²) in [5.41, 5.74) is 0.554. The van der Waals surface area contributed by atoms with Crippen molar-refractivity contribution in [2.45, 2.75) is 90.4 Å². The van der Waals surface area contributed by atoms with Gasteiger partial charge in [0.15, 0.2) is 0 Å². The van der Waals surface area contributed by atoms with Gasteiger partial charge in [0, 0.05) is 32.2 Å². The van der Waals surface area contributed by atoms with Crippen molar-refractivity contribution in [3.05, 3.63) is 0 Å². The van der Waals surface area contributed by atoms with E-state index in [0.29, 0.717) is 17.4 Å². The van der Waals surface area contributed by atoms with E-state index in [1.165, 1.54) is 38.5 Å². The lowest BCUT2D eigenvalue weighted by Gasteiger charge is -2.62. The highest BCUT2D eigenvalue weighted by atomic mass is 16.3. The minimum Gasteiger partial charge on any atom is -0.393 e. The minimum absolute atomic E-state index is 0.0743. The Kier molecular flexibility index (Phi) is 5.33. The van der Waals surface area contributed by atoms with Gasteiger partial charge in [-0.1, -0.05) is 20.8 Å². The maximum Gasteiger partial charge on any atom is 0.0698 e. The average molecular weight is 405 g/mol. The maximum absolute atomic E-state index is 11.1. The normalized spacial score (nSPS) is 53.9. The van der Waals surface area contributed by atoms with Gasteiger partial charge < -0.3 is 15.1 Å². The third-order valence-corrected chi connectivity index (χ3v) is 11.0. The molecule has 29 heavy (non-hydrogen) atoms. The molecular formula is C25H44N2O2. The van der Waals surface area contributed by atoms with E-state index in [1.807, 2.05) is 0 Å². The number of aliphatic hydroxyl groups excluding tert-OH is 2. The largest absolute Gasteiger partial charge is 0.393 e. The second kappa shape index (κ2) is 7.46. The van der Waals surface area contributed by atoms with E-state index >= 15 is 0 Å². The van der Waals surface area contributed by atoms with Gasteiger partial charge in [0.2, 0.25) is 0 Å². The molecule has 0 spiro atoms. The number of fused-ring (bicyclic) bond motifs is 5. The molecule has 4 aliphatic carbocycles. The fourth-order valence-corrected chi connectivity index (χ4v) is 9.03. The zero-order chi connectivity index (χ0) is 20.4. The smallest absolute Gasteiger partial charge is 0.0698 e. The van der Waals surface area contributed by atoms with Crippen LogP contribution in [0.4, 0.5) is 0 Å². The van der Waals surface area contributed by atoms with Crippen molar-refractivity contribution in [2.75, 3.05) is 32.7 Å². The van der Waals surface area contributed by atoms with Gasteiger partial charge in [-0.25, -0.2) is 0 Å². The van der Waals surface area contributed by atoms with Crippen molar-refractivity contribution in [2.24, 2.45) is 34.5 Å². The van der Waals surface area contributed by atoms with Gasteiger partial charge in [-0.3, -0.25) is 4.90 Å². The van der Waals surface area contributed by atoms with Gasteiger partial charge in [-0.15, -0.1) is 0 Å². The van der Waals surface area contributed by atoms with E-state index in [2.05, 4.69) is 30.6 Å². The third kappa shape index (κ3) is 3.15. The molecule has 166 valence electrons. The van der Waals surface area contributed by atoms with E-state index in [1.54, 1.807) is 0 Å². The lowest BCUT2D eigenvalue weighted by atomic mass is 9.44. The Balaban J connectivity index is 1.36. The Morgan fingerprint density at radius 1 is 0.862 bits per heavy atom. The van der Waals surface area contributed by atoms with E-state index in [4.69, 9.17) is 0 Å². The average Bonchev–Trinajstić information content (AvgIpc) is 3.03. The van der Waals surface area contributed by atoms with Gasteiger partial charge in [-0.05, 0) is 92.4 Å². The summed E-state index contributed by atoms with van der Waals surface area (Å²) < 4.78 is 0. The van der Waals surface area contributed by atoms with Crippen LogP contribution >= 0.6 is 0 Å². The molecule has 1 saturated heterocycles. The fourth-order valence-electron chi connectivity index (χ4n) is 9.03. The summed E-state index contributed by atoms with van der Waals surface area (Å²) in [6.07, 6.45) is 9.41. The van der Waals surface area contributed by atoms with Crippen LogP contribution in [-0.2, 0) is 0 Å². The van der Waals surface area contributed by atoms with Gasteiger partial charge >= 0.3 is 0 Å². The molecule has 9 atom stereocenters. The predicted octanol–water partition coefficient (Wildman–Crippen LogP) is 3.37. The molecule has 0 amide bonds. The Morgan fingerprint density at radius 2 is 1.59 bits per heavy atom. The SMILES string of the molecule is CCN1CCN([C@H]2C[C@@]3(C)[C@@H](CC[C@@H]4[C@@H]3CC[C@]3(C)[C@@H](O)CC[C@@H]43)C[C@@H]2O)CC1. The summed E-state index contributed by atoms with van der Waals surface area (Å²) in [4.78, 5) is 5.18. The Labute approximate surface area is 178 Å². The van der Waals surface area contributed by atoms with Crippen molar-refractivity contribution in [3.63, 3.8) is 0 Å². The van der Waals surface area contributed by atoms with E-state index < -0.39 is 0 Å². The first-order chi connectivity index (χ1) is 13.9. The van der Waals surface area contributed by atoms with Crippen LogP contribution in [0.25, 0.3) is 0 Å². The van der Waals surface area contributed by atoms with Gasteiger partial charge in [0.05, 0.1) is 12.2 Å². The fraction of sp³-hybridized carbons (Fsp3) is 1.00. The molecule has 0 aromatic rings. The topological polar surface area (TPSA) is 46.9 Å². The number of rotatable bonds is 2. The van der Waals surface area contributed by atoms with Crippen LogP contribution in [0.3, 0.4) is 0 Å². The third-order valence-electron chi connectivity index (χ3n) is 11.0. The van der Waals surface area contributed by atoms with Crippen LogP contribution in [0.5, 0.6) is 0 Å². The number of aliphatic hydroxyl groups is 2. The molecule has 5 aliphatic rings. The molecule has 5 rings (SSSR count). The highest BCUT2D eigenvalue weighted by molar-refractivity contribution is 5.11. The first-order valence-corrected chi connectivity index (χ1v) is 12.7. The summed E-state index contributed by atoms with van der Waals surface area (Å²) in [6.45, 7) is 13.0. The summed E-state index contributed by atoms with van der Waals surface area (Å²) in [7, 11) is 0. The van der Waals surface area contributed by atoms with Crippen LogP contribution < -0.4 is 0 Å². The molecule has 0 aromatic heterocycles. The second-order valence-corrected chi connectivity index (χ2v) is 11.8. The molecule has 4 saturated carbocycles. The van der Waals surface area contributed by atoms with E-state index in [-0.39, 0.29) is 17.6 Å². The number of nitrogens with zero attached hydrogens (tertiary/aromatic N) is 2. The van der Waals surface area contributed by atoms with Crippen LogP contribution in [0.15, 0.2) is 0 Å². The number of likely N-dealkylation sites (N-methyl/N-ethyl adjacent to an activating group) is 1. The Morgan fingerprint density at radius 3 is 2.31 bits per heavy atom. The zero-order valence-corrected chi connectivity index (χ0v) is 19.0. The van der Waals surface area contributed by atoms with Crippen molar-refractivity contribution < 1.29 is 10.2 Å². The zero-order valence-electron chi connectivity index (χ0n) is 19.0. The number of hydrogen-bond acceptors (Lipinski definition) is 4. The molecule has 2 N–H and O–H groups in total. The quantitative estimate of drug-likeness (QED) is 0.741. The summed E-state index contributed by atoms with van der Waals surface area (Å²) in [6, 6.07) is 0.358. The van der Waals surface area contributed by atoms with Crippen molar-refractivity contribution in [1.82, 2.24) is 9.80 Å².